The van der Waals surface area contributed by atoms with E-state index in [1.165, 1.54) is 7.11 Å². The van der Waals surface area contributed by atoms with Crippen LogP contribution in [0, 0.1) is 0 Å². The quantitative estimate of drug-likeness (QED) is 0.518. The zero-order valence-electron chi connectivity index (χ0n) is 18.3. The molecule has 162 valence electrons. The summed E-state index contributed by atoms with van der Waals surface area (Å²) >= 11 is 0. The summed E-state index contributed by atoms with van der Waals surface area (Å²) in [5, 5.41) is 3.27. The molecule has 0 spiro atoms. The van der Waals surface area contributed by atoms with Crippen molar-refractivity contribution < 1.29 is 19.1 Å². The van der Waals surface area contributed by atoms with E-state index >= 15 is 0 Å². The van der Waals surface area contributed by atoms with Gasteiger partial charge in [-0.2, -0.15) is 0 Å². The SMILES string of the molecule is COC(=O)C1=C(C)NC(C)=C(N(C)CC=O)C1c1ccccc1OCc1ccccc1. The lowest BCUT2D eigenvalue weighted by Crippen LogP contribution is -2.36. The second-order valence-corrected chi connectivity index (χ2v) is 7.46. The Hall–Kier alpha value is -3.54. The molecular formula is C25H28N2O4. The molecule has 6 heteroatoms. The van der Waals surface area contributed by atoms with Gasteiger partial charge in [0, 0.05) is 29.7 Å². The Balaban J connectivity index is 2.09. The van der Waals surface area contributed by atoms with Gasteiger partial charge in [0.05, 0.1) is 25.1 Å². The molecule has 1 atom stereocenters. The third-order valence-corrected chi connectivity index (χ3v) is 5.36. The zero-order valence-corrected chi connectivity index (χ0v) is 18.3. The third kappa shape index (κ3) is 4.79. The van der Waals surface area contributed by atoms with E-state index in [0.29, 0.717) is 17.9 Å². The molecule has 31 heavy (non-hydrogen) atoms. The Morgan fingerprint density at radius 1 is 1.06 bits per heavy atom. The summed E-state index contributed by atoms with van der Waals surface area (Å²) < 4.78 is 11.3. The maximum atomic E-state index is 12.8. The molecule has 0 radical (unpaired) electrons. The molecule has 1 N–H and O–H groups in total. The number of carbonyl (C=O) groups excluding carboxylic acids is 2. The van der Waals surface area contributed by atoms with Crippen LogP contribution in [0.4, 0.5) is 0 Å². The molecule has 0 bridgehead atoms. The van der Waals surface area contributed by atoms with Crippen LogP contribution in [0.5, 0.6) is 5.75 Å². The molecule has 6 nitrogen and oxygen atoms in total. The van der Waals surface area contributed by atoms with Gasteiger partial charge < -0.3 is 24.5 Å². The Kier molecular flexibility index (Phi) is 7.13. The average molecular weight is 421 g/mol. The molecule has 3 rings (SSSR count). The molecule has 0 saturated heterocycles. The fraction of sp³-hybridized carbons (Fsp3) is 0.280. The number of dihydropyridines is 1. The summed E-state index contributed by atoms with van der Waals surface area (Å²) in [5.41, 5.74) is 4.80. The number of nitrogens with zero attached hydrogens (tertiary/aromatic N) is 1. The molecule has 0 saturated carbocycles. The summed E-state index contributed by atoms with van der Waals surface area (Å²) in [6, 6.07) is 17.6. The van der Waals surface area contributed by atoms with Gasteiger partial charge in [-0.25, -0.2) is 4.79 Å². The molecule has 1 aliphatic rings. The number of aldehydes is 1. The molecule has 0 aromatic heterocycles. The van der Waals surface area contributed by atoms with E-state index in [9.17, 15) is 9.59 Å². The van der Waals surface area contributed by atoms with Crippen LogP contribution in [0.3, 0.4) is 0 Å². The summed E-state index contributed by atoms with van der Waals surface area (Å²) in [6.07, 6.45) is 0.845. The van der Waals surface area contributed by atoms with Gasteiger partial charge in [-0.15, -0.1) is 0 Å². The largest absolute Gasteiger partial charge is 0.489 e. The highest BCUT2D eigenvalue weighted by Gasteiger charge is 2.37. The van der Waals surface area contributed by atoms with Crippen molar-refractivity contribution >= 4 is 12.3 Å². The number of rotatable bonds is 8. The van der Waals surface area contributed by atoms with Crippen molar-refractivity contribution in [1.29, 1.82) is 0 Å². The number of allylic oxidation sites excluding steroid dienone is 3. The first-order valence-corrected chi connectivity index (χ1v) is 10.1. The lowest BCUT2D eigenvalue weighted by molar-refractivity contribution is -0.136. The van der Waals surface area contributed by atoms with Crippen LogP contribution in [0.2, 0.25) is 0 Å². The van der Waals surface area contributed by atoms with Crippen LogP contribution in [-0.2, 0) is 20.9 Å². The Labute approximate surface area is 183 Å². The Bertz CT molecular complexity index is 1010. The third-order valence-electron chi connectivity index (χ3n) is 5.36. The maximum absolute atomic E-state index is 12.8. The highest BCUT2D eigenvalue weighted by molar-refractivity contribution is 5.92. The molecule has 0 fully saturated rings. The molecule has 1 unspecified atom stereocenters. The van der Waals surface area contributed by atoms with Crippen molar-refractivity contribution in [3.8, 4) is 5.75 Å². The van der Waals surface area contributed by atoms with Crippen molar-refractivity contribution in [2.75, 3.05) is 20.7 Å². The number of hydrogen-bond donors (Lipinski definition) is 1. The normalized spacial score (nSPS) is 15.9. The number of benzene rings is 2. The number of methoxy groups -OCH3 is 1. The van der Waals surface area contributed by atoms with Gasteiger partial charge in [0.2, 0.25) is 0 Å². The first kappa shape index (κ1) is 22.2. The van der Waals surface area contributed by atoms with E-state index in [1.54, 1.807) is 0 Å². The molecular weight excluding hydrogens is 392 g/mol. The van der Waals surface area contributed by atoms with Gasteiger partial charge in [0.15, 0.2) is 0 Å². The molecule has 2 aromatic carbocycles. The van der Waals surface area contributed by atoms with E-state index in [0.717, 1.165) is 34.5 Å². The van der Waals surface area contributed by atoms with Crippen LogP contribution in [0.25, 0.3) is 0 Å². The Morgan fingerprint density at radius 3 is 2.42 bits per heavy atom. The van der Waals surface area contributed by atoms with Crippen LogP contribution in [-0.4, -0.2) is 37.9 Å². The molecule has 0 amide bonds. The van der Waals surface area contributed by atoms with Crippen LogP contribution in [0.15, 0.2) is 77.3 Å². The number of hydrogen-bond acceptors (Lipinski definition) is 6. The van der Waals surface area contributed by atoms with E-state index < -0.39 is 11.9 Å². The minimum atomic E-state index is -0.439. The number of esters is 1. The van der Waals surface area contributed by atoms with Gasteiger partial charge in [-0.3, -0.25) is 0 Å². The van der Waals surface area contributed by atoms with Crippen LogP contribution >= 0.6 is 0 Å². The summed E-state index contributed by atoms with van der Waals surface area (Å²) in [4.78, 5) is 25.9. The predicted octanol–water partition coefficient (Wildman–Crippen LogP) is 3.76. The van der Waals surface area contributed by atoms with Gasteiger partial charge in [-0.1, -0.05) is 48.5 Å². The number of para-hydroxylation sites is 1. The monoisotopic (exact) mass is 420 g/mol. The number of likely N-dealkylation sites (N-methyl/N-ethyl adjacent to an activating group) is 1. The van der Waals surface area contributed by atoms with Gasteiger partial charge >= 0.3 is 5.97 Å². The summed E-state index contributed by atoms with van der Waals surface area (Å²) in [6.45, 7) is 4.40. The van der Waals surface area contributed by atoms with E-state index in [2.05, 4.69) is 5.32 Å². The van der Waals surface area contributed by atoms with Crippen molar-refractivity contribution in [2.45, 2.75) is 26.4 Å². The predicted molar refractivity (Wildman–Crippen MR) is 119 cm³/mol. The Morgan fingerprint density at radius 2 is 1.74 bits per heavy atom. The molecule has 1 aliphatic heterocycles. The number of carbonyl (C=O) groups is 2. The molecule has 0 aliphatic carbocycles. The zero-order chi connectivity index (χ0) is 22.4. The van der Waals surface area contributed by atoms with E-state index in [1.807, 2.05) is 80.4 Å². The first-order valence-electron chi connectivity index (χ1n) is 10.1. The van der Waals surface area contributed by atoms with E-state index in [-0.39, 0.29) is 6.54 Å². The van der Waals surface area contributed by atoms with Gasteiger partial charge in [0.25, 0.3) is 0 Å². The highest BCUT2D eigenvalue weighted by Crippen LogP contribution is 2.43. The van der Waals surface area contributed by atoms with Crippen molar-refractivity contribution in [3.63, 3.8) is 0 Å². The fourth-order valence-corrected chi connectivity index (χ4v) is 3.97. The molecule has 2 aromatic rings. The van der Waals surface area contributed by atoms with Crippen LogP contribution in [0.1, 0.15) is 30.9 Å². The lowest BCUT2D eigenvalue weighted by atomic mass is 9.83. The smallest absolute Gasteiger partial charge is 0.336 e. The summed E-state index contributed by atoms with van der Waals surface area (Å²) in [5.74, 6) is -0.180. The van der Waals surface area contributed by atoms with Crippen molar-refractivity contribution in [2.24, 2.45) is 0 Å². The van der Waals surface area contributed by atoms with Crippen molar-refractivity contribution in [1.82, 2.24) is 10.2 Å². The maximum Gasteiger partial charge on any atom is 0.336 e. The van der Waals surface area contributed by atoms with Gasteiger partial charge in [0.1, 0.15) is 18.6 Å². The first-order chi connectivity index (χ1) is 15.0. The number of ether oxygens (including phenoxy) is 2. The minimum absolute atomic E-state index is 0.200. The van der Waals surface area contributed by atoms with Crippen molar-refractivity contribution in [3.05, 3.63) is 88.4 Å². The average Bonchev–Trinajstić information content (AvgIpc) is 2.77. The second kappa shape index (κ2) is 9.98. The van der Waals surface area contributed by atoms with E-state index in [4.69, 9.17) is 9.47 Å². The standard InChI is InChI=1S/C25H28N2O4/c1-17-22(25(29)30-4)23(24(18(2)26-17)27(3)14-15-28)20-12-8-9-13-21(20)31-16-19-10-6-5-7-11-19/h5-13,15,23,26H,14,16H2,1-4H3. The topological polar surface area (TPSA) is 67.9 Å². The highest BCUT2D eigenvalue weighted by atomic mass is 16.5. The lowest BCUT2D eigenvalue weighted by Gasteiger charge is -2.36. The minimum Gasteiger partial charge on any atom is -0.489 e. The molecule has 1 heterocycles. The fourth-order valence-electron chi connectivity index (χ4n) is 3.97. The van der Waals surface area contributed by atoms with Gasteiger partial charge in [-0.05, 0) is 25.5 Å². The second-order valence-electron chi connectivity index (χ2n) is 7.46. The van der Waals surface area contributed by atoms with Crippen LogP contribution < -0.4 is 10.1 Å². The number of nitrogens with one attached hydrogen (secondary N) is 1. The summed E-state index contributed by atoms with van der Waals surface area (Å²) in [7, 11) is 3.21.